The number of benzene rings is 3. The van der Waals surface area contributed by atoms with Gasteiger partial charge in [-0.3, -0.25) is 4.79 Å². The standard InChI is InChI=1S/C25H20Cl2O4/c1-16-3-5-17(6-4-16)24-25(23(28)21-15-19(27)9-12-22(21)31-24)30-14-2-13-29-20-10-7-18(26)8-11-20/h3-12,15H,2,13-14H2,1H3. The lowest BCUT2D eigenvalue weighted by molar-refractivity contribution is 0.244. The van der Waals surface area contributed by atoms with Crippen LogP contribution in [0.5, 0.6) is 11.5 Å². The van der Waals surface area contributed by atoms with Crippen molar-refractivity contribution < 1.29 is 13.9 Å². The van der Waals surface area contributed by atoms with Gasteiger partial charge < -0.3 is 13.9 Å². The van der Waals surface area contributed by atoms with E-state index in [1.807, 2.05) is 31.2 Å². The van der Waals surface area contributed by atoms with E-state index in [1.165, 1.54) is 0 Å². The van der Waals surface area contributed by atoms with Crippen LogP contribution in [0.3, 0.4) is 0 Å². The molecule has 0 radical (unpaired) electrons. The van der Waals surface area contributed by atoms with Gasteiger partial charge in [0.05, 0.1) is 18.6 Å². The zero-order valence-corrected chi connectivity index (χ0v) is 18.4. The Kier molecular flexibility index (Phi) is 6.50. The highest BCUT2D eigenvalue weighted by Crippen LogP contribution is 2.32. The Morgan fingerprint density at radius 3 is 2.26 bits per heavy atom. The van der Waals surface area contributed by atoms with Gasteiger partial charge >= 0.3 is 0 Å². The van der Waals surface area contributed by atoms with Crippen molar-refractivity contribution in [3.63, 3.8) is 0 Å². The Morgan fingerprint density at radius 2 is 1.52 bits per heavy atom. The molecule has 1 heterocycles. The van der Waals surface area contributed by atoms with E-state index in [0.717, 1.165) is 16.9 Å². The average Bonchev–Trinajstić information content (AvgIpc) is 2.77. The molecule has 0 N–H and O–H groups in total. The zero-order valence-electron chi connectivity index (χ0n) is 16.9. The molecule has 0 unspecified atom stereocenters. The Morgan fingerprint density at radius 1 is 0.839 bits per heavy atom. The minimum absolute atomic E-state index is 0.171. The molecule has 4 nitrogen and oxygen atoms in total. The first kappa shape index (κ1) is 21.3. The van der Waals surface area contributed by atoms with Crippen molar-refractivity contribution in [2.24, 2.45) is 0 Å². The highest BCUT2D eigenvalue weighted by Gasteiger charge is 2.18. The summed E-state index contributed by atoms with van der Waals surface area (Å²) in [6.45, 7) is 2.73. The molecule has 0 fully saturated rings. The summed E-state index contributed by atoms with van der Waals surface area (Å²) in [7, 11) is 0. The van der Waals surface area contributed by atoms with Crippen LogP contribution in [0, 0.1) is 6.92 Å². The summed E-state index contributed by atoms with van der Waals surface area (Å²) in [4.78, 5) is 13.2. The monoisotopic (exact) mass is 454 g/mol. The average molecular weight is 455 g/mol. The van der Waals surface area contributed by atoms with E-state index in [1.54, 1.807) is 42.5 Å². The second-order valence-corrected chi connectivity index (χ2v) is 7.97. The number of rotatable bonds is 7. The maximum atomic E-state index is 13.2. The number of ether oxygens (including phenoxy) is 2. The molecule has 0 saturated heterocycles. The Bertz CT molecular complexity index is 1250. The summed E-state index contributed by atoms with van der Waals surface area (Å²) in [5.74, 6) is 1.30. The highest BCUT2D eigenvalue weighted by molar-refractivity contribution is 6.31. The fourth-order valence-corrected chi connectivity index (χ4v) is 3.43. The fraction of sp³-hybridized carbons (Fsp3) is 0.160. The zero-order chi connectivity index (χ0) is 21.8. The Hall–Kier alpha value is -2.95. The molecule has 4 rings (SSSR count). The van der Waals surface area contributed by atoms with Crippen molar-refractivity contribution in [2.45, 2.75) is 13.3 Å². The van der Waals surface area contributed by atoms with Gasteiger partial charge in [-0.2, -0.15) is 0 Å². The third kappa shape index (κ3) is 5.04. The van der Waals surface area contributed by atoms with Crippen molar-refractivity contribution in [1.29, 1.82) is 0 Å². The van der Waals surface area contributed by atoms with Gasteiger partial charge in [-0.15, -0.1) is 0 Å². The van der Waals surface area contributed by atoms with Gasteiger partial charge in [-0.05, 0) is 49.4 Å². The number of hydrogen-bond donors (Lipinski definition) is 0. The molecule has 0 atom stereocenters. The molecule has 1 aromatic heterocycles. The maximum absolute atomic E-state index is 13.2. The topological polar surface area (TPSA) is 48.7 Å². The molecule has 6 heteroatoms. The first-order valence-electron chi connectivity index (χ1n) is 9.86. The second kappa shape index (κ2) is 9.46. The van der Waals surface area contributed by atoms with E-state index in [9.17, 15) is 4.79 Å². The van der Waals surface area contributed by atoms with Crippen LogP contribution in [0.2, 0.25) is 10.0 Å². The van der Waals surface area contributed by atoms with Crippen molar-refractivity contribution in [2.75, 3.05) is 13.2 Å². The molecule has 3 aromatic carbocycles. The van der Waals surface area contributed by atoms with Crippen LogP contribution < -0.4 is 14.9 Å². The van der Waals surface area contributed by atoms with Gasteiger partial charge in [-0.1, -0.05) is 53.0 Å². The van der Waals surface area contributed by atoms with Crippen LogP contribution in [0.25, 0.3) is 22.3 Å². The maximum Gasteiger partial charge on any atom is 0.235 e. The molecular formula is C25H20Cl2O4. The van der Waals surface area contributed by atoms with Crippen LogP contribution >= 0.6 is 23.2 Å². The summed E-state index contributed by atoms with van der Waals surface area (Å²) in [6, 6.07) is 19.9. The number of fused-ring (bicyclic) bond motifs is 1. The molecule has 0 aliphatic rings. The smallest absolute Gasteiger partial charge is 0.235 e. The molecule has 0 saturated carbocycles. The normalized spacial score (nSPS) is 10.9. The lowest BCUT2D eigenvalue weighted by Gasteiger charge is -2.12. The quantitative estimate of drug-likeness (QED) is 0.284. The SMILES string of the molecule is Cc1ccc(-c2oc3ccc(Cl)cc3c(=O)c2OCCCOc2ccc(Cl)cc2)cc1. The van der Waals surface area contributed by atoms with Crippen molar-refractivity contribution >= 4 is 34.2 Å². The number of aryl methyl sites for hydroxylation is 1. The van der Waals surface area contributed by atoms with Crippen LogP contribution in [-0.4, -0.2) is 13.2 Å². The van der Waals surface area contributed by atoms with Crippen LogP contribution in [0.1, 0.15) is 12.0 Å². The molecule has 0 amide bonds. The van der Waals surface area contributed by atoms with E-state index in [-0.39, 0.29) is 11.2 Å². The van der Waals surface area contributed by atoms with E-state index in [2.05, 4.69) is 0 Å². The van der Waals surface area contributed by atoms with Crippen LogP contribution in [0.15, 0.2) is 75.9 Å². The van der Waals surface area contributed by atoms with Gasteiger partial charge in [0.1, 0.15) is 11.3 Å². The predicted octanol–water partition coefficient (Wildman–Crippen LogP) is 6.92. The summed E-state index contributed by atoms with van der Waals surface area (Å²) in [5.41, 5.74) is 2.09. The number of hydrogen-bond acceptors (Lipinski definition) is 4. The van der Waals surface area contributed by atoms with Crippen LogP contribution in [-0.2, 0) is 0 Å². The summed E-state index contributed by atoms with van der Waals surface area (Å²) < 4.78 is 17.7. The Labute approximate surface area is 189 Å². The van der Waals surface area contributed by atoms with Crippen molar-refractivity contribution in [3.8, 4) is 22.8 Å². The highest BCUT2D eigenvalue weighted by atomic mass is 35.5. The first-order valence-corrected chi connectivity index (χ1v) is 10.6. The molecular weight excluding hydrogens is 435 g/mol. The largest absolute Gasteiger partial charge is 0.493 e. The van der Waals surface area contributed by atoms with Gasteiger partial charge in [-0.25, -0.2) is 0 Å². The first-order chi connectivity index (χ1) is 15.0. The molecule has 0 bridgehead atoms. The minimum atomic E-state index is -0.252. The van der Waals surface area contributed by atoms with E-state index in [4.69, 9.17) is 37.1 Å². The van der Waals surface area contributed by atoms with Crippen molar-refractivity contribution in [3.05, 3.63) is 92.6 Å². The fourth-order valence-electron chi connectivity index (χ4n) is 3.13. The summed E-state index contributed by atoms with van der Waals surface area (Å²) in [5, 5.41) is 1.50. The van der Waals surface area contributed by atoms with E-state index < -0.39 is 0 Å². The van der Waals surface area contributed by atoms with Gasteiger partial charge in [0.25, 0.3) is 0 Å². The van der Waals surface area contributed by atoms with E-state index >= 15 is 0 Å². The van der Waals surface area contributed by atoms with E-state index in [0.29, 0.717) is 46.4 Å². The minimum Gasteiger partial charge on any atom is -0.493 e. The molecule has 158 valence electrons. The molecule has 31 heavy (non-hydrogen) atoms. The number of halogens is 2. The predicted molar refractivity (Wildman–Crippen MR) is 125 cm³/mol. The van der Waals surface area contributed by atoms with Gasteiger partial charge in [0, 0.05) is 22.0 Å². The summed E-state index contributed by atoms with van der Waals surface area (Å²) >= 11 is 12.0. The molecule has 0 spiro atoms. The molecule has 4 aromatic rings. The summed E-state index contributed by atoms with van der Waals surface area (Å²) in [6.07, 6.45) is 0.586. The third-order valence-electron chi connectivity index (χ3n) is 4.74. The van der Waals surface area contributed by atoms with Crippen molar-refractivity contribution in [1.82, 2.24) is 0 Å². The molecule has 0 aliphatic carbocycles. The lowest BCUT2D eigenvalue weighted by atomic mass is 10.1. The van der Waals surface area contributed by atoms with Gasteiger partial charge in [0.2, 0.25) is 11.2 Å². The molecule has 0 aliphatic heterocycles. The second-order valence-electron chi connectivity index (χ2n) is 7.10. The van der Waals surface area contributed by atoms with Gasteiger partial charge in [0.15, 0.2) is 5.76 Å². The lowest BCUT2D eigenvalue weighted by Crippen LogP contribution is -2.13. The van der Waals surface area contributed by atoms with Crippen LogP contribution in [0.4, 0.5) is 0 Å². The Balaban J connectivity index is 1.56. The third-order valence-corrected chi connectivity index (χ3v) is 5.23.